The molecule has 1 aliphatic rings. The summed E-state index contributed by atoms with van der Waals surface area (Å²) in [6.45, 7) is 1.05. The third-order valence-corrected chi connectivity index (χ3v) is 5.68. The quantitative estimate of drug-likeness (QED) is 0.763. The molecule has 0 saturated heterocycles. The second-order valence-corrected chi connectivity index (χ2v) is 7.40. The Bertz CT molecular complexity index is 769. The van der Waals surface area contributed by atoms with Gasteiger partial charge in [-0.15, -0.1) is 11.8 Å². The highest BCUT2D eigenvalue weighted by molar-refractivity contribution is 7.99. The maximum atomic E-state index is 12.9. The Labute approximate surface area is 155 Å². The summed E-state index contributed by atoms with van der Waals surface area (Å²) in [5, 5.41) is 23.3. The Hall–Kier alpha value is -1.73. The number of phenols is 1. The van der Waals surface area contributed by atoms with Gasteiger partial charge in [-0.2, -0.15) is 0 Å². The Morgan fingerprint density at radius 3 is 2.64 bits per heavy atom. The van der Waals surface area contributed by atoms with E-state index >= 15 is 0 Å². The van der Waals surface area contributed by atoms with Crippen LogP contribution in [0.1, 0.15) is 10.8 Å². The van der Waals surface area contributed by atoms with Gasteiger partial charge in [-0.05, 0) is 42.9 Å². The summed E-state index contributed by atoms with van der Waals surface area (Å²) in [5.74, 6) is -0.204. The number of nitrogens with zero attached hydrogens (tertiary/aromatic N) is 1. The number of anilines is 1. The average Bonchev–Trinajstić information content (AvgIpc) is 2.70. The average molecular weight is 379 g/mol. The lowest BCUT2D eigenvalue weighted by atomic mass is 10.1. The van der Waals surface area contributed by atoms with Crippen LogP contribution < -0.4 is 10.2 Å². The van der Waals surface area contributed by atoms with Gasteiger partial charge in [-0.1, -0.05) is 23.7 Å². The number of amides is 1. The van der Waals surface area contributed by atoms with Gasteiger partial charge < -0.3 is 20.4 Å². The first-order valence-corrected chi connectivity index (χ1v) is 9.16. The Balaban J connectivity index is 2.05. The fourth-order valence-electron chi connectivity index (χ4n) is 2.78. The van der Waals surface area contributed by atoms with E-state index in [-0.39, 0.29) is 11.7 Å². The van der Waals surface area contributed by atoms with Crippen molar-refractivity contribution < 1.29 is 15.0 Å². The molecule has 1 aliphatic heterocycles. The largest absolute Gasteiger partial charge is 0.508 e. The number of fused-ring (bicyclic) bond motifs is 1. The molecule has 0 spiro atoms. The van der Waals surface area contributed by atoms with E-state index in [0.717, 1.165) is 16.1 Å². The number of thioether (sulfide) groups is 1. The van der Waals surface area contributed by atoms with Gasteiger partial charge in [0.1, 0.15) is 11.9 Å². The van der Waals surface area contributed by atoms with Crippen LogP contribution in [0.4, 0.5) is 5.69 Å². The minimum absolute atomic E-state index is 0.141. The standard InChI is InChI=1S/C18H19ClN2O3S/c1-20-8-9-21-14-7-4-12(19)10-15(14)25-17(16(23)18(21)24)11-2-5-13(22)6-3-11/h2-7,10,16-17,20,22-23H,8-9H2,1H3/t16-,17+/m0/s1. The van der Waals surface area contributed by atoms with Gasteiger partial charge in [0, 0.05) is 23.0 Å². The summed E-state index contributed by atoms with van der Waals surface area (Å²) >= 11 is 7.55. The van der Waals surface area contributed by atoms with E-state index in [0.29, 0.717) is 18.1 Å². The van der Waals surface area contributed by atoms with Gasteiger partial charge in [-0.3, -0.25) is 4.79 Å². The minimum atomic E-state index is -1.20. The van der Waals surface area contributed by atoms with Crippen LogP contribution in [0.5, 0.6) is 5.75 Å². The predicted octanol–water partition coefficient (Wildman–Crippen LogP) is 2.81. The van der Waals surface area contributed by atoms with Crippen LogP contribution in [0, 0.1) is 0 Å². The van der Waals surface area contributed by atoms with Crippen molar-refractivity contribution in [1.82, 2.24) is 5.32 Å². The van der Waals surface area contributed by atoms with E-state index in [2.05, 4.69) is 5.32 Å². The lowest BCUT2D eigenvalue weighted by Gasteiger charge is -2.25. The number of aliphatic hydroxyl groups is 1. The number of nitrogens with one attached hydrogen (secondary N) is 1. The van der Waals surface area contributed by atoms with E-state index < -0.39 is 11.4 Å². The molecule has 0 fully saturated rings. The summed E-state index contributed by atoms with van der Waals surface area (Å²) in [6, 6.07) is 11.9. The molecular formula is C18H19ClN2O3S. The number of rotatable bonds is 4. The third-order valence-electron chi connectivity index (χ3n) is 4.08. The molecule has 1 amide bonds. The van der Waals surface area contributed by atoms with E-state index in [4.69, 9.17) is 11.6 Å². The number of hydrogen-bond donors (Lipinski definition) is 3. The smallest absolute Gasteiger partial charge is 0.257 e. The van der Waals surface area contributed by atoms with Gasteiger partial charge >= 0.3 is 0 Å². The maximum Gasteiger partial charge on any atom is 0.257 e. The summed E-state index contributed by atoms with van der Waals surface area (Å²) in [7, 11) is 1.81. The molecule has 2 aromatic carbocycles. The zero-order chi connectivity index (χ0) is 18.0. The number of likely N-dealkylation sites (N-methyl/N-ethyl adjacent to an activating group) is 1. The molecular weight excluding hydrogens is 360 g/mol. The monoisotopic (exact) mass is 378 g/mol. The third kappa shape index (κ3) is 3.77. The Morgan fingerprint density at radius 2 is 1.96 bits per heavy atom. The predicted molar refractivity (Wildman–Crippen MR) is 100 cm³/mol. The fourth-order valence-corrected chi connectivity index (χ4v) is 4.33. The number of aliphatic hydroxyl groups excluding tert-OH is 1. The molecule has 3 N–H and O–H groups in total. The van der Waals surface area contributed by atoms with Crippen LogP contribution in [-0.2, 0) is 4.79 Å². The topological polar surface area (TPSA) is 72.8 Å². The van der Waals surface area contributed by atoms with Crippen molar-refractivity contribution in [3.63, 3.8) is 0 Å². The van der Waals surface area contributed by atoms with E-state index in [1.54, 1.807) is 35.2 Å². The SMILES string of the molecule is CNCCN1C(=O)[C@@H](O)[C@@H](c2ccc(O)cc2)Sc2cc(Cl)ccc21. The second kappa shape index (κ2) is 7.66. The number of benzene rings is 2. The second-order valence-electron chi connectivity index (χ2n) is 5.78. The number of carbonyl (C=O) groups excluding carboxylic acids is 1. The summed E-state index contributed by atoms with van der Waals surface area (Å²) in [6.07, 6.45) is -1.20. The van der Waals surface area contributed by atoms with Gasteiger partial charge in [0.2, 0.25) is 0 Å². The van der Waals surface area contributed by atoms with Crippen LogP contribution in [0.15, 0.2) is 47.4 Å². The molecule has 25 heavy (non-hydrogen) atoms. The molecule has 7 heteroatoms. The fraction of sp³-hybridized carbons (Fsp3) is 0.278. The van der Waals surface area contributed by atoms with Crippen LogP contribution in [0.25, 0.3) is 0 Å². The molecule has 0 unspecified atom stereocenters. The highest BCUT2D eigenvalue weighted by atomic mass is 35.5. The molecule has 3 rings (SSSR count). The highest BCUT2D eigenvalue weighted by Gasteiger charge is 2.37. The molecule has 0 radical (unpaired) electrons. The van der Waals surface area contributed by atoms with Crippen LogP contribution in [0.2, 0.25) is 5.02 Å². The maximum absolute atomic E-state index is 12.9. The lowest BCUT2D eigenvalue weighted by molar-refractivity contribution is -0.126. The van der Waals surface area contributed by atoms with Crippen LogP contribution in [-0.4, -0.2) is 42.4 Å². The number of hydrogen-bond acceptors (Lipinski definition) is 5. The molecule has 0 aromatic heterocycles. The number of halogens is 1. The normalized spacial score (nSPS) is 20.3. The molecule has 1 heterocycles. The first-order valence-electron chi connectivity index (χ1n) is 7.90. The van der Waals surface area contributed by atoms with Crippen molar-refractivity contribution in [2.24, 2.45) is 0 Å². The highest BCUT2D eigenvalue weighted by Crippen LogP contribution is 2.46. The van der Waals surface area contributed by atoms with E-state index in [9.17, 15) is 15.0 Å². The van der Waals surface area contributed by atoms with Crippen molar-refractivity contribution in [2.75, 3.05) is 25.0 Å². The van der Waals surface area contributed by atoms with Gasteiger partial charge in [0.25, 0.3) is 5.91 Å². The van der Waals surface area contributed by atoms with Crippen LogP contribution >= 0.6 is 23.4 Å². The van der Waals surface area contributed by atoms with Crippen molar-refractivity contribution in [1.29, 1.82) is 0 Å². The molecule has 0 aliphatic carbocycles. The van der Waals surface area contributed by atoms with E-state index in [1.807, 2.05) is 19.2 Å². The van der Waals surface area contributed by atoms with Gasteiger partial charge in [0.05, 0.1) is 10.9 Å². The first kappa shape index (κ1) is 18.1. The number of carbonyl (C=O) groups is 1. The molecule has 132 valence electrons. The van der Waals surface area contributed by atoms with Crippen LogP contribution in [0.3, 0.4) is 0 Å². The zero-order valence-corrected chi connectivity index (χ0v) is 15.2. The molecule has 0 bridgehead atoms. The lowest BCUT2D eigenvalue weighted by Crippen LogP contribution is -2.43. The zero-order valence-electron chi connectivity index (χ0n) is 13.6. The van der Waals surface area contributed by atoms with Gasteiger partial charge in [0.15, 0.2) is 0 Å². The first-order chi connectivity index (χ1) is 12.0. The van der Waals surface area contributed by atoms with Crippen molar-refractivity contribution in [3.05, 3.63) is 53.1 Å². The van der Waals surface area contributed by atoms with Crippen molar-refractivity contribution in [3.8, 4) is 5.75 Å². The van der Waals surface area contributed by atoms with Crippen molar-refractivity contribution >= 4 is 35.0 Å². The summed E-state index contributed by atoms with van der Waals surface area (Å²) in [4.78, 5) is 15.3. The van der Waals surface area contributed by atoms with Crippen molar-refractivity contribution in [2.45, 2.75) is 16.2 Å². The molecule has 2 atom stereocenters. The number of aromatic hydroxyl groups is 1. The summed E-state index contributed by atoms with van der Waals surface area (Å²) < 4.78 is 0. The summed E-state index contributed by atoms with van der Waals surface area (Å²) in [5.41, 5.74) is 1.51. The Kier molecular flexibility index (Phi) is 5.54. The van der Waals surface area contributed by atoms with Gasteiger partial charge in [-0.25, -0.2) is 0 Å². The Morgan fingerprint density at radius 1 is 1.24 bits per heavy atom. The minimum Gasteiger partial charge on any atom is -0.508 e. The molecule has 5 nitrogen and oxygen atoms in total. The molecule has 2 aromatic rings. The molecule has 0 saturated carbocycles. The van der Waals surface area contributed by atoms with E-state index in [1.165, 1.54) is 11.8 Å². The number of phenolic OH excluding ortho intramolecular Hbond substituents is 1.